The smallest absolute Gasteiger partial charge is 0.337 e. The van der Waals surface area contributed by atoms with E-state index in [1.807, 2.05) is 4.90 Å². The summed E-state index contributed by atoms with van der Waals surface area (Å²) in [5, 5.41) is 0. The maximum atomic E-state index is 13.0. The highest BCUT2D eigenvalue weighted by Crippen LogP contribution is 2.27. The Balaban J connectivity index is 1.26. The highest BCUT2D eigenvalue weighted by Gasteiger charge is 2.32. The van der Waals surface area contributed by atoms with Crippen LogP contribution in [0.4, 0.5) is 13.2 Å². The van der Waals surface area contributed by atoms with Gasteiger partial charge in [-0.2, -0.15) is 13.2 Å². The van der Waals surface area contributed by atoms with Gasteiger partial charge in [-0.3, -0.25) is 19.6 Å². The van der Waals surface area contributed by atoms with Crippen molar-refractivity contribution in [3.63, 3.8) is 0 Å². The highest BCUT2D eigenvalue weighted by molar-refractivity contribution is 7.90. The number of sulfone groups is 1. The molecule has 0 radical (unpaired) electrons. The molecule has 2 aromatic rings. The lowest BCUT2D eigenvalue weighted by Crippen LogP contribution is -2.46. The first-order valence-corrected chi connectivity index (χ1v) is 14.0. The number of hydrogen-bond acceptors (Lipinski definition) is 6. The molecule has 196 valence electrons. The standard InChI is InChI=1S/C25H31F3N4O3S/c1-36(34,35)22-6-4-20(5-7-22)24(33)32-12-2-11-31(15-16-32)21-9-13-30(14-10-21)18-19-3-8-23(29-17-19)25(26,27)28/h3-8,17,21H,2,9-16,18H2,1H3. The first-order valence-electron chi connectivity index (χ1n) is 12.1. The Morgan fingerprint density at radius 2 is 1.67 bits per heavy atom. The fourth-order valence-corrected chi connectivity index (χ4v) is 5.55. The van der Waals surface area contributed by atoms with E-state index in [2.05, 4.69) is 14.8 Å². The van der Waals surface area contributed by atoms with Gasteiger partial charge in [0, 0.05) is 56.8 Å². The van der Waals surface area contributed by atoms with Crippen molar-refractivity contribution in [3.8, 4) is 0 Å². The maximum absolute atomic E-state index is 13.0. The van der Waals surface area contributed by atoms with Crippen LogP contribution in [0.1, 0.15) is 40.9 Å². The number of benzene rings is 1. The van der Waals surface area contributed by atoms with Crippen molar-refractivity contribution in [1.29, 1.82) is 0 Å². The molecule has 2 saturated heterocycles. The molecule has 0 spiro atoms. The minimum Gasteiger partial charge on any atom is -0.337 e. The molecule has 0 atom stereocenters. The van der Waals surface area contributed by atoms with Gasteiger partial charge in [-0.15, -0.1) is 0 Å². The molecule has 7 nitrogen and oxygen atoms in total. The number of halogens is 3. The van der Waals surface area contributed by atoms with E-state index in [-0.39, 0.29) is 10.8 Å². The molecular formula is C25H31F3N4O3S. The summed E-state index contributed by atoms with van der Waals surface area (Å²) in [6, 6.07) is 9.04. The van der Waals surface area contributed by atoms with E-state index < -0.39 is 21.7 Å². The zero-order valence-corrected chi connectivity index (χ0v) is 21.1. The molecule has 4 rings (SSSR count). The molecule has 0 saturated carbocycles. The molecule has 1 amide bonds. The molecule has 0 aliphatic carbocycles. The number of amides is 1. The van der Waals surface area contributed by atoms with Gasteiger partial charge in [0.25, 0.3) is 5.91 Å². The number of alkyl halides is 3. The van der Waals surface area contributed by atoms with E-state index in [1.54, 1.807) is 12.1 Å². The lowest BCUT2D eigenvalue weighted by atomic mass is 10.0. The van der Waals surface area contributed by atoms with E-state index >= 15 is 0 Å². The Morgan fingerprint density at radius 3 is 2.25 bits per heavy atom. The monoisotopic (exact) mass is 524 g/mol. The lowest BCUT2D eigenvalue weighted by molar-refractivity contribution is -0.141. The van der Waals surface area contributed by atoms with Gasteiger partial charge in [0.2, 0.25) is 0 Å². The minimum absolute atomic E-state index is 0.0862. The first kappa shape index (κ1) is 26.6. The number of carbonyl (C=O) groups excluding carboxylic acids is 1. The van der Waals surface area contributed by atoms with Gasteiger partial charge in [-0.25, -0.2) is 8.42 Å². The number of pyridine rings is 1. The summed E-state index contributed by atoms with van der Waals surface area (Å²) in [4.78, 5) is 23.2. The predicted octanol–water partition coefficient (Wildman–Crippen LogP) is 3.32. The van der Waals surface area contributed by atoms with Crippen LogP contribution >= 0.6 is 0 Å². The Hall–Kier alpha value is -2.50. The van der Waals surface area contributed by atoms with Gasteiger partial charge in [-0.1, -0.05) is 6.07 Å². The minimum atomic E-state index is -4.42. The molecule has 2 aliphatic rings. The molecule has 0 N–H and O–H groups in total. The molecule has 3 heterocycles. The van der Waals surface area contributed by atoms with Crippen LogP contribution in [-0.2, 0) is 22.6 Å². The summed E-state index contributed by atoms with van der Waals surface area (Å²) < 4.78 is 61.5. The molecule has 0 unspecified atom stereocenters. The lowest BCUT2D eigenvalue weighted by Gasteiger charge is -2.38. The third kappa shape index (κ3) is 6.63. The molecular weight excluding hydrogens is 493 g/mol. The molecule has 11 heteroatoms. The summed E-state index contributed by atoms with van der Waals surface area (Å²) >= 11 is 0. The van der Waals surface area contributed by atoms with Crippen molar-refractivity contribution in [2.24, 2.45) is 0 Å². The van der Waals surface area contributed by atoms with Gasteiger partial charge in [0.1, 0.15) is 5.69 Å². The Kier molecular flexibility index (Phi) is 8.01. The second kappa shape index (κ2) is 10.9. The number of nitrogens with zero attached hydrogens (tertiary/aromatic N) is 4. The molecule has 36 heavy (non-hydrogen) atoms. The van der Waals surface area contributed by atoms with E-state index in [0.29, 0.717) is 31.2 Å². The van der Waals surface area contributed by atoms with E-state index in [1.165, 1.54) is 24.4 Å². The average Bonchev–Trinajstić information content (AvgIpc) is 3.10. The van der Waals surface area contributed by atoms with Crippen LogP contribution in [0.3, 0.4) is 0 Å². The largest absolute Gasteiger partial charge is 0.433 e. The molecule has 1 aromatic carbocycles. The Labute approximate surface area is 209 Å². The van der Waals surface area contributed by atoms with Gasteiger partial charge in [-0.05, 0) is 68.2 Å². The summed E-state index contributed by atoms with van der Waals surface area (Å²) in [6.45, 7) is 5.26. The summed E-state index contributed by atoms with van der Waals surface area (Å²) in [7, 11) is -3.30. The summed E-state index contributed by atoms with van der Waals surface area (Å²) in [5.41, 5.74) is 0.390. The van der Waals surface area contributed by atoms with Crippen LogP contribution in [-0.4, -0.2) is 85.6 Å². The van der Waals surface area contributed by atoms with Crippen molar-refractivity contribution < 1.29 is 26.4 Å². The van der Waals surface area contributed by atoms with Crippen LogP contribution in [0.15, 0.2) is 47.5 Å². The van der Waals surface area contributed by atoms with Crippen molar-refractivity contribution in [3.05, 3.63) is 59.4 Å². The predicted molar refractivity (Wildman–Crippen MR) is 129 cm³/mol. The topological polar surface area (TPSA) is 73.8 Å². The number of rotatable bonds is 5. The number of likely N-dealkylation sites (tertiary alicyclic amines) is 1. The third-order valence-electron chi connectivity index (χ3n) is 6.94. The van der Waals surface area contributed by atoms with Crippen LogP contribution in [0.2, 0.25) is 0 Å². The Morgan fingerprint density at radius 1 is 0.972 bits per heavy atom. The van der Waals surface area contributed by atoms with Gasteiger partial charge in [0.05, 0.1) is 4.90 Å². The quantitative estimate of drug-likeness (QED) is 0.598. The van der Waals surface area contributed by atoms with Crippen molar-refractivity contribution in [2.75, 3.05) is 45.5 Å². The van der Waals surface area contributed by atoms with Crippen LogP contribution in [0.5, 0.6) is 0 Å². The summed E-state index contributed by atoms with van der Waals surface area (Å²) in [6.07, 6.45) is 0.829. The zero-order chi connectivity index (χ0) is 25.9. The van der Waals surface area contributed by atoms with Gasteiger partial charge in [0.15, 0.2) is 9.84 Å². The van der Waals surface area contributed by atoms with Crippen molar-refractivity contribution in [1.82, 2.24) is 19.7 Å². The van der Waals surface area contributed by atoms with Gasteiger partial charge >= 0.3 is 6.18 Å². The Bertz CT molecular complexity index is 1150. The molecule has 2 fully saturated rings. The maximum Gasteiger partial charge on any atom is 0.433 e. The van der Waals surface area contributed by atoms with E-state index in [9.17, 15) is 26.4 Å². The zero-order valence-electron chi connectivity index (χ0n) is 20.2. The highest BCUT2D eigenvalue weighted by atomic mass is 32.2. The number of hydrogen-bond donors (Lipinski definition) is 0. The number of piperidine rings is 1. The second-order valence-corrected chi connectivity index (χ2v) is 11.6. The fraction of sp³-hybridized carbons (Fsp3) is 0.520. The van der Waals surface area contributed by atoms with Crippen molar-refractivity contribution in [2.45, 2.75) is 42.9 Å². The van der Waals surface area contributed by atoms with E-state index in [4.69, 9.17) is 0 Å². The number of aromatic nitrogens is 1. The molecule has 1 aromatic heterocycles. The average molecular weight is 525 g/mol. The molecule has 2 aliphatic heterocycles. The first-order chi connectivity index (χ1) is 17.0. The van der Waals surface area contributed by atoms with Crippen LogP contribution in [0.25, 0.3) is 0 Å². The third-order valence-corrected chi connectivity index (χ3v) is 8.07. The number of carbonyl (C=O) groups is 1. The van der Waals surface area contributed by atoms with Gasteiger partial charge < -0.3 is 4.90 Å². The van der Waals surface area contributed by atoms with Crippen LogP contribution < -0.4 is 0 Å². The second-order valence-electron chi connectivity index (χ2n) is 9.54. The van der Waals surface area contributed by atoms with Crippen LogP contribution in [0, 0.1) is 0 Å². The fourth-order valence-electron chi connectivity index (χ4n) is 4.92. The van der Waals surface area contributed by atoms with E-state index in [0.717, 1.165) is 63.3 Å². The molecule has 0 bridgehead atoms. The normalized spacial score (nSPS) is 19.3. The van der Waals surface area contributed by atoms with Crippen molar-refractivity contribution >= 4 is 15.7 Å². The SMILES string of the molecule is CS(=O)(=O)c1ccc(C(=O)N2CCCN(C3CCN(Cc4ccc(C(F)(F)F)nc4)CC3)CC2)cc1. The summed E-state index contributed by atoms with van der Waals surface area (Å²) in [5.74, 6) is -0.0862.